The van der Waals surface area contributed by atoms with E-state index >= 15 is 0 Å². The van der Waals surface area contributed by atoms with Crippen LogP contribution < -0.4 is 0 Å². The molecule has 20 heavy (non-hydrogen) atoms. The lowest BCUT2D eigenvalue weighted by Gasteiger charge is -2.34. The van der Waals surface area contributed by atoms with Crippen LogP contribution in [0.3, 0.4) is 0 Å². The Bertz CT molecular complexity index is 333. The molecule has 0 aromatic rings. The molecule has 0 spiro atoms. The van der Waals surface area contributed by atoms with E-state index in [9.17, 15) is 48.3 Å². The summed E-state index contributed by atoms with van der Waals surface area (Å²) >= 11 is 0. The molecule has 0 radical (unpaired) electrons. The van der Waals surface area contributed by atoms with E-state index in [0.29, 0.717) is 7.11 Å². The highest BCUT2D eigenvalue weighted by Gasteiger charge is 2.78. The number of hydrogen-bond acceptors (Lipinski definition) is 2. The van der Waals surface area contributed by atoms with Crippen molar-refractivity contribution >= 4 is 0 Å². The molecule has 0 bridgehead atoms. The molecule has 122 valence electrons. The second-order valence-corrected chi connectivity index (χ2v) is 3.35. The lowest BCUT2D eigenvalue weighted by molar-refractivity contribution is -0.486. The van der Waals surface area contributed by atoms with Gasteiger partial charge in [-0.3, -0.25) is 4.74 Å². The lowest BCUT2D eigenvalue weighted by Crippen LogP contribution is -2.60. The minimum Gasteiger partial charge on any atom is -0.378 e. The Morgan fingerprint density at radius 2 is 1.10 bits per heavy atom. The summed E-state index contributed by atoms with van der Waals surface area (Å²) in [7, 11) is 0.351. The summed E-state index contributed by atoms with van der Waals surface area (Å²) in [5, 5.41) is 0. The first-order valence-corrected chi connectivity index (χ1v) is 4.29. The Hall–Kier alpha value is -0.850. The monoisotopic (exact) mass is 330 g/mol. The Kier molecular flexibility index (Phi) is 4.95. The average Bonchev–Trinajstić information content (AvgIpc) is 2.12. The quantitative estimate of drug-likeness (QED) is 0.716. The Morgan fingerprint density at radius 1 is 0.700 bits per heavy atom. The molecule has 0 aromatic heterocycles. The van der Waals surface area contributed by atoms with Crippen molar-refractivity contribution in [1.82, 2.24) is 0 Å². The number of ether oxygens (including phenoxy) is 2. The van der Waals surface area contributed by atoms with Gasteiger partial charge in [-0.25, -0.2) is 0 Å². The van der Waals surface area contributed by atoms with Crippen molar-refractivity contribution in [3.8, 4) is 0 Å². The predicted octanol–water partition coefficient (Wildman–Crippen LogP) is 3.67. The Labute approximate surface area is 103 Å². The third-order valence-corrected chi connectivity index (χ3v) is 1.76. The molecule has 1 unspecified atom stereocenters. The van der Waals surface area contributed by atoms with Gasteiger partial charge in [0.2, 0.25) is 0 Å². The molecule has 0 N–H and O–H groups in total. The number of methoxy groups -OCH3 is 1. The molecule has 2 nitrogen and oxygen atoms in total. The van der Waals surface area contributed by atoms with E-state index < -0.39 is 36.8 Å². The van der Waals surface area contributed by atoms with Crippen LogP contribution >= 0.6 is 0 Å². The van der Waals surface area contributed by atoms with Gasteiger partial charge in [-0.2, -0.15) is 48.3 Å². The van der Waals surface area contributed by atoms with Crippen LogP contribution in [0.4, 0.5) is 48.3 Å². The fourth-order valence-electron chi connectivity index (χ4n) is 0.787. The van der Waals surface area contributed by atoms with Gasteiger partial charge in [0.15, 0.2) is 0 Å². The van der Waals surface area contributed by atoms with Crippen LogP contribution in [0.1, 0.15) is 0 Å². The summed E-state index contributed by atoms with van der Waals surface area (Å²) in [5.41, 5.74) is 0. The van der Waals surface area contributed by atoms with E-state index in [0.717, 1.165) is 0 Å². The molecule has 13 heteroatoms. The molecular formula is C7H5F11O2. The minimum atomic E-state index is -7.05. The number of halogens is 11. The van der Waals surface area contributed by atoms with E-state index in [1.54, 1.807) is 0 Å². The van der Waals surface area contributed by atoms with Crippen molar-refractivity contribution in [2.24, 2.45) is 0 Å². The summed E-state index contributed by atoms with van der Waals surface area (Å²) in [5.74, 6) is -12.6. The van der Waals surface area contributed by atoms with Gasteiger partial charge in [-0.05, 0) is 0 Å². The van der Waals surface area contributed by atoms with E-state index in [4.69, 9.17) is 0 Å². The first-order valence-electron chi connectivity index (χ1n) is 4.29. The summed E-state index contributed by atoms with van der Waals surface area (Å²) in [4.78, 5) is 0. The molecule has 0 saturated carbocycles. The maximum atomic E-state index is 13.1. The number of alkyl halides is 11. The van der Waals surface area contributed by atoms with E-state index in [1.807, 2.05) is 0 Å². The molecule has 0 aliphatic rings. The largest absolute Gasteiger partial charge is 0.462 e. The van der Waals surface area contributed by atoms with Gasteiger partial charge in [0.05, 0.1) is 0 Å². The highest BCUT2D eigenvalue weighted by molar-refractivity contribution is 4.89. The zero-order valence-corrected chi connectivity index (χ0v) is 9.18. The normalized spacial score (nSPS) is 18.0. The molecule has 0 aliphatic carbocycles. The Morgan fingerprint density at radius 3 is 1.35 bits per heavy atom. The summed E-state index contributed by atoms with van der Waals surface area (Å²) in [6.07, 6.45) is -20.1. The van der Waals surface area contributed by atoms with Gasteiger partial charge >= 0.3 is 30.2 Å². The highest BCUT2D eigenvalue weighted by Crippen LogP contribution is 2.50. The number of rotatable bonds is 5. The van der Waals surface area contributed by atoms with E-state index in [1.165, 1.54) is 0 Å². The molecule has 0 saturated heterocycles. The maximum absolute atomic E-state index is 13.1. The van der Waals surface area contributed by atoms with Crippen LogP contribution in [0.5, 0.6) is 0 Å². The minimum absolute atomic E-state index is 0.351. The second kappa shape index (κ2) is 5.16. The first kappa shape index (κ1) is 19.1. The molecule has 0 heterocycles. The van der Waals surface area contributed by atoms with Gasteiger partial charge in [0.1, 0.15) is 6.61 Å². The van der Waals surface area contributed by atoms with E-state index in [-0.39, 0.29) is 0 Å². The summed E-state index contributed by atoms with van der Waals surface area (Å²) in [6, 6.07) is 0. The number of hydrogen-bond donors (Lipinski definition) is 0. The third-order valence-electron chi connectivity index (χ3n) is 1.76. The zero-order chi connectivity index (χ0) is 16.6. The van der Waals surface area contributed by atoms with Crippen molar-refractivity contribution < 1.29 is 57.8 Å². The average molecular weight is 330 g/mol. The topological polar surface area (TPSA) is 18.5 Å². The van der Waals surface area contributed by atoms with Crippen LogP contribution in [0, 0.1) is 0 Å². The fourth-order valence-corrected chi connectivity index (χ4v) is 0.787. The van der Waals surface area contributed by atoms with E-state index in [2.05, 4.69) is 9.47 Å². The van der Waals surface area contributed by atoms with Crippen LogP contribution in [0.15, 0.2) is 0 Å². The summed E-state index contributed by atoms with van der Waals surface area (Å²) in [6.45, 7) is -2.37. The van der Waals surface area contributed by atoms with Gasteiger partial charge in [0.25, 0.3) is 0 Å². The maximum Gasteiger partial charge on any atom is 0.462 e. The predicted molar refractivity (Wildman–Crippen MR) is 38.8 cm³/mol. The standard InChI is InChI=1S/C7H5F11O2/c1-19-2-3(8,5(11,12)13)20-7(17,18)4(9,10)6(14,15)16/h2H2,1H3. The van der Waals surface area contributed by atoms with Crippen LogP contribution in [-0.2, 0) is 9.47 Å². The molecule has 0 amide bonds. The van der Waals surface area contributed by atoms with Crippen molar-refractivity contribution in [2.75, 3.05) is 13.7 Å². The van der Waals surface area contributed by atoms with Gasteiger partial charge in [-0.15, -0.1) is 0 Å². The highest BCUT2D eigenvalue weighted by atomic mass is 19.4. The summed E-state index contributed by atoms with van der Waals surface area (Å²) < 4.78 is 139. The third kappa shape index (κ3) is 3.42. The molecule has 1 atom stereocenters. The molecule has 0 aromatic carbocycles. The van der Waals surface area contributed by atoms with Gasteiger partial charge in [-0.1, -0.05) is 0 Å². The fraction of sp³-hybridized carbons (Fsp3) is 1.00. The zero-order valence-electron chi connectivity index (χ0n) is 9.18. The molecule has 0 fully saturated rings. The van der Waals surface area contributed by atoms with Gasteiger partial charge in [0, 0.05) is 7.11 Å². The lowest BCUT2D eigenvalue weighted by atomic mass is 10.2. The van der Waals surface area contributed by atoms with Crippen molar-refractivity contribution in [1.29, 1.82) is 0 Å². The van der Waals surface area contributed by atoms with Gasteiger partial charge < -0.3 is 4.74 Å². The molecule has 0 aliphatic heterocycles. The smallest absolute Gasteiger partial charge is 0.378 e. The van der Waals surface area contributed by atoms with Crippen molar-refractivity contribution in [3.63, 3.8) is 0 Å². The van der Waals surface area contributed by atoms with Crippen LogP contribution in [0.2, 0.25) is 0 Å². The molecular weight excluding hydrogens is 325 g/mol. The Balaban J connectivity index is 5.54. The first-order chi connectivity index (χ1) is 8.52. The SMILES string of the molecule is COCC(F)(OC(F)(F)C(F)(F)C(F)(F)F)C(F)(F)F. The van der Waals surface area contributed by atoms with Crippen LogP contribution in [-0.4, -0.2) is 44.0 Å². The second-order valence-electron chi connectivity index (χ2n) is 3.35. The van der Waals surface area contributed by atoms with Crippen molar-refractivity contribution in [2.45, 2.75) is 30.2 Å². The van der Waals surface area contributed by atoms with Crippen molar-refractivity contribution in [3.05, 3.63) is 0 Å². The van der Waals surface area contributed by atoms with Crippen LogP contribution in [0.25, 0.3) is 0 Å². The molecule has 0 rings (SSSR count).